The van der Waals surface area contributed by atoms with Crippen molar-refractivity contribution in [3.8, 4) is 11.3 Å². The molecule has 0 aliphatic carbocycles. The minimum atomic E-state index is -0.300. The van der Waals surface area contributed by atoms with E-state index in [0.29, 0.717) is 16.2 Å². The highest BCUT2D eigenvalue weighted by Gasteiger charge is 2.15. The molecule has 134 valence electrons. The van der Waals surface area contributed by atoms with E-state index >= 15 is 0 Å². The number of halogens is 1. The van der Waals surface area contributed by atoms with Gasteiger partial charge in [-0.25, -0.2) is 9.78 Å². The monoisotopic (exact) mass is 394 g/mol. The Morgan fingerprint density at radius 1 is 1.11 bits per heavy atom. The molecule has 3 nitrogen and oxygen atoms in total. The van der Waals surface area contributed by atoms with Gasteiger partial charge in [-0.1, -0.05) is 48.5 Å². The van der Waals surface area contributed by atoms with E-state index < -0.39 is 0 Å². The molecule has 5 heteroatoms. The van der Waals surface area contributed by atoms with Gasteiger partial charge in [0.15, 0.2) is 12.4 Å². The van der Waals surface area contributed by atoms with Crippen molar-refractivity contribution in [2.75, 3.05) is 0 Å². The molecule has 0 saturated carbocycles. The average Bonchev–Trinajstić information content (AvgIpc) is 2.69. The van der Waals surface area contributed by atoms with Crippen LogP contribution in [-0.2, 0) is 6.42 Å². The molecular formula is C22H17ClNO2S+. The van der Waals surface area contributed by atoms with Crippen LogP contribution in [0, 0.1) is 0 Å². The van der Waals surface area contributed by atoms with Gasteiger partial charge in [-0.15, -0.1) is 0 Å². The van der Waals surface area contributed by atoms with Crippen molar-refractivity contribution >= 4 is 34.1 Å². The van der Waals surface area contributed by atoms with Gasteiger partial charge in [0.1, 0.15) is 5.76 Å². The van der Waals surface area contributed by atoms with Crippen LogP contribution in [0.1, 0.15) is 12.5 Å². The number of H-pyrrole nitrogens is 1. The van der Waals surface area contributed by atoms with Gasteiger partial charge in [0.25, 0.3) is 0 Å². The van der Waals surface area contributed by atoms with Gasteiger partial charge in [-0.2, -0.15) is 0 Å². The number of aromatic amines is 1. The quantitative estimate of drug-likeness (QED) is 0.449. The van der Waals surface area contributed by atoms with Crippen LogP contribution in [-0.4, -0.2) is 0 Å². The summed E-state index contributed by atoms with van der Waals surface area (Å²) in [7, 11) is 0. The molecule has 0 fully saturated rings. The first-order valence-corrected chi connectivity index (χ1v) is 9.85. The number of hydrogen-bond donors (Lipinski definition) is 0. The summed E-state index contributed by atoms with van der Waals surface area (Å²) in [5.74, 6) is 0.550. The lowest BCUT2D eigenvalue weighted by Crippen LogP contribution is -2.06. The van der Waals surface area contributed by atoms with Gasteiger partial charge in [0, 0.05) is 20.9 Å². The number of aryl methyl sites for hydroxylation is 1. The molecule has 27 heavy (non-hydrogen) atoms. The number of benzene rings is 2. The van der Waals surface area contributed by atoms with E-state index in [1.807, 2.05) is 73.9 Å². The van der Waals surface area contributed by atoms with Gasteiger partial charge >= 0.3 is 5.63 Å². The Morgan fingerprint density at radius 3 is 2.70 bits per heavy atom. The molecule has 0 radical (unpaired) electrons. The van der Waals surface area contributed by atoms with Crippen molar-refractivity contribution in [1.82, 2.24) is 0 Å². The predicted molar refractivity (Wildman–Crippen MR) is 109 cm³/mol. The van der Waals surface area contributed by atoms with Crippen LogP contribution >= 0.6 is 23.4 Å². The van der Waals surface area contributed by atoms with E-state index in [0.717, 1.165) is 32.7 Å². The average molecular weight is 395 g/mol. The van der Waals surface area contributed by atoms with Gasteiger partial charge in [0.05, 0.1) is 10.9 Å². The molecule has 4 rings (SSSR count). The van der Waals surface area contributed by atoms with Crippen molar-refractivity contribution in [3.05, 3.63) is 88.0 Å². The molecule has 0 aliphatic rings. The Kier molecular flexibility index (Phi) is 5.01. The molecule has 0 saturated heterocycles. The van der Waals surface area contributed by atoms with Crippen molar-refractivity contribution in [1.29, 1.82) is 0 Å². The zero-order valence-corrected chi connectivity index (χ0v) is 16.2. The van der Waals surface area contributed by atoms with Crippen LogP contribution in [0.25, 0.3) is 22.1 Å². The van der Waals surface area contributed by atoms with Crippen molar-refractivity contribution < 1.29 is 9.40 Å². The second-order valence-corrected chi connectivity index (χ2v) is 7.66. The summed E-state index contributed by atoms with van der Waals surface area (Å²) >= 11 is 7.57. The summed E-state index contributed by atoms with van der Waals surface area (Å²) in [5, 5.41) is 2.26. The minimum Gasteiger partial charge on any atom is -0.422 e. The molecule has 0 amide bonds. The molecule has 4 aromatic rings. The fourth-order valence-corrected chi connectivity index (χ4v) is 4.12. The van der Waals surface area contributed by atoms with Crippen LogP contribution in [0.15, 0.2) is 86.0 Å². The summed E-state index contributed by atoms with van der Waals surface area (Å²) in [5.41, 5.74) is 1.55. The normalized spacial score (nSPS) is 11.0. The molecule has 2 heterocycles. The highest BCUT2D eigenvalue weighted by Crippen LogP contribution is 2.35. The zero-order valence-electron chi connectivity index (χ0n) is 14.7. The summed E-state index contributed by atoms with van der Waals surface area (Å²) in [4.78, 5) is 17.8. The molecule has 1 N–H and O–H groups in total. The van der Waals surface area contributed by atoms with Crippen LogP contribution in [0.3, 0.4) is 0 Å². The Labute approximate surface area is 166 Å². The predicted octanol–water partition coefficient (Wildman–Crippen LogP) is 5.64. The first-order valence-electron chi connectivity index (χ1n) is 8.65. The van der Waals surface area contributed by atoms with Crippen molar-refractivity contribution in [2.45, 2.75) is 23.1 Å². The molecule has 0 aliphatic heterocycles. The largest absolute Gasteiger partial charge is 0.422 e. The Morgan fingerprint density at radius 2 is 1.93 bits per heavy atom. The van der Waals surface area contributed by atoms with Gasteiger partial charge in [-0.3, -0.25) is 0 Å². The third kappa shape index (κ3) is 3.64. The molecule has 2 aromatic carbocycles. The molecule has 0 unspecified atom stereocenters. The molecule has 0 atom stereocenters. The first kappa shape index (κ1) is 17.8. The third-order valence-corrected chi connectivity index (χ3v) is 5.72. The second-order valence-electron chi connectivity index (χ2n) is 6.11. The third-order valence-electron chi connectivity index (χ3n) is 4.39. The van der Waals surface area contributed by atoms with E-state index in [4.69, 9.17) is 16.0 Å². The van der Waals surface area contributed by atoms with Crippen LogP contribution in [0.4, 0.5) is 0 Å². The second kappa shape index (κ2) is 7.59. The molecule has 2 aromatic heterocycles. The van der Waals surface area contributed by atoms with E-state index in [9.17, 15) is 4.79 Å². The summed E-state index contributed by atoms with van der Waals surface area (Å²) in [6.07, 6.45) is 4.50. The molecule has 0 bridgehead atoms. The van der Waals surface area contributed by atoms with Crippen molar-refractivity contribution in [2.24, 2.45) is 0 Å². The van der Waals surface area contributed by atoms with Crippen LogP contribution in [0.5, 0.6) is 0 Å². The number of fused-ring (bicyclic) bond motifs is 1. The lowest BCUT2D eigenvalue weighted by atomic mass is 10.0. The zero-order chi connectivity index (χ0) is 18.8. The summed E-state index contributed by atoms with van der Waals surface area (Å²) < 4.78 is 5.71. The fraction of sp³-hybridized carbons (Fsp3) is 0.0909. The SMILES string of the molecule is CCc1cccc2cc(-c3c[nH+]ccc3Sc3ccc(Cl)cc3)oc(=O)c12. The number of pyridine rings is 1. The smallest absolute Gasteiger partial charge is 0.344 e. The van der Waals surface area contributed by atoms with Gasteiger partial charge in [-0.05, 0) is 47.7 Å². The first-order chi connectivity index (χ1) is 13.2. The topological polar surface area (TPSA) is 44.4 Å². The Bertz CT molecular complexity index is 1170. The maximum absolute atomic E-state index is 12.7. The minimum absolute atomic E-state index is 0.300. The Hall–Kier alpha value is -2.56. The van der Waals surface area contributed by atoms with E-state index in [1.165, 1.54) is 0 Å². The molecular weight excluding hydrogens is 378 g/mol. The van der Waals surface area contributed by atoms with Crippen molar-refractivity contribution in [3.63, 3.8) is 0 Å². The number of rotatable bonds is 4. The van der Waals surface area contributed by atoms with Crippen LogP contribution < -0.4 is 10.6 Å². The summed E-state index contributed by atoms with van der Waals surface area (Å²) in [6.45, 7) is 2.04. The maximum atomic E-state index is 12.7. The van der Waals surface area contributed by atoms with Crippen LogP contribution in [0.2, 0.25) is 5.02 Å². The molecule has 0 spiro atoms. The van der Waals surface area contributed by atoms with E-state index in [1.54, 1.807) is 11.8 Å². The van der Waals surface area contributed by atoms with E-state index in [2.05, 4.69) is 4.98 Å². The van der Waals surface area contributed by atoms with Gasteiger partial charge in [0.2, 0.25) is 0 Å². The number of nitrogens with one attached hydrogen (secondary N) is 1. The number of hydrogen-bond acceptors (Lipinski definition) is 3. The lowest BCUT2D eigenvalue weighted by molar-refractivity contribution is -0.377. The maximum Gasteiger partial charge on any atom is 0.344 e. The Balaban J connectivity index is 1.82. The number of aromatic nitrogens is 1. The summed E-state index contributed by atoms with van der Waals surface area (Å²) in [6, 6.07) is 17.5. The highest BCUT2D eigenvalue weighted by atomic mass is 35.5. The van der Waals surface area contributed by atoms with E-state index in [-0.39, 0.29) is 5.63 Å². The lowest BCUT2D eigenvalue weighted by Gasteiger charge is -2.08. The fourth-order valence-electron chi connectivity index (χ4n) is 3.07. The highest BCUT2D eigenvalue weighted by molar-refractivity contribution is 7.99. The standard InChI is InChI=1S/C22H16ClNO2S/c1-2-14-4-3-5-15-12-19(26-22(25)21(14)15)18-13-24-11-10-20(18)27-17-8-6-16(23)7-9-17/h3-13H,2H2,1H3/p+1. The van der Waals surface area contributed by atoms with Gasteiger partial charge < -0.3 is 4.42 Å².